The lowest BCUT2D eigenvalue weighted by Crippen LogP contribution is -2.06. The molecule has 3 heteroatoms. The zero-order chi connectivity index (χ0) is 6.41. The molecule has 0 saturated heterocycles. The fraction of sp³-hybridized carbons (Fsp3) is 0.600. The lowest BCUT2D eigenvalue weighted by molar-refractivity contribution is -0.111. The Morgan fingerprint density at radius 3 is 1.88 bits per heavy atom. The summed E-state index contributed by atoms with van der Waals surface area (Å²) in [6.45, 7) is 0. The van der Waals surface area contributed by atoms with E-state index in [9.17, 15) is 9.59 Å². The van der Waals surface area contributed by atoms with Gasteiger partial charge in [0.15, 0.2) is 0 Å². The number of aldehydes is 2. The van der Waals surface area contributed by atoms with Crippen LogP contribution in [0.4, 0.5) is 0 Å². The lowest BCUT2D eigenvalue weighted by atomic mass is 10.2. The Bertz CT molecular complexity index is 69.7. The second-order valence-electron chi connectivity index (χ2n) is 1.46. The number of hydrogen-bond acceptors (Lipinski definition) is 3. The van der Waals surface area contributed by atoms with E-state index < -0.39 is 6.10 Å². The summed E-state index contributed by atoms with van der Waals surface area (Å²) in [7, 11) is 0. The van der Waals surface area contributed by atoms with Crippen LogP contribution in [-0.2, 0) is 9.59 Å². The van der Waals surface area contributed by atoms with Gasteiger partial charge in [-0.25, -0.2) is 0 Å². The number of aliphatic hydroxyl groups excluding tert-OH is 1. The van der Waals surface area contributed by atoms with E-state index in [-0.39, 0.29) is 12.8 Å². The first kappa shape index (κ1) is 7.30. The molecule has 0 aliphatic carbocycles. The van der Waals surface area contributed by atoms with E-state index in [1.165, 1.54) is 0 Å². The Kier molecular flexibility index (Phi) is 4.07. The van der Waals surface area contributed by atoms with Crippen LogP contribution in [0.3, 0.4) is 0 Å². The van der Waals surface area contributed by atoms with Gasteiger partial charge in [0, 0.05) is 12.8 Å². The van der Waals surface area contributed by atoms with Crippen LogP contribution >= 0.6 is 0 Å². The predicted molar refractivity (Wildman–Crippen MR) is 27.4 cm³/mol. The molecule has 0 unspecified atom stereocenters. The molecule has 0 aromatic rings. The van der Waals surface area contributed by atoms with Crippen LogP contribution in [0.5, 0.6) is 0 Å². The summed E-state index contributed by atoms with van der Waals surface area (Å²) in [6, 6.07) is 0. The maximum absolute atomic E-state index is 9.61. The highest BCUT2D eigenvalue weighted by Crippen LogP contribution is 1.89. The summed E-state index contributed by atoms with van der Waals surface area (Å²) in [4.78, 5) is 19.2. The molecule has 8 heavy (non-hydrogen) atoms. The molecule has 0 aromatic carbocycles. The molecule has 0 heterocycles. The van der Waals surface area contributed by atoms with E-state index in [0.717, 1.165) is 0 Å². The Morgan fingerprint density at radius 1 is 1.25 bits per heavy atom. The van der Waals surface area contributed by atoms with Gasteiger partial charge >= 0.3 is 0 Å². The molecule has 0 aliphatic rings. The van der Waals surface area contributed by atoms with Crippen molar-refractivity contribution < 1.29 is 14.7 Å². The zero-order valence-electron chi connectivity index (χ0n) is 4.41. The average molecular weight is 116 g/mol. The summed E-state index contributed by atoms with van der Waals surface area (Å²) in [5.41, 5.74) is 0. The highest BCUT2D eigenvalue weighted by molar-refractivity contribution is 5.54. The minimum atomic E-state index is -0.773. The molecule has 1 N–H and O–H groups in total. The Hall–Kier alpha value is -0.700. The third kappa shape index (κ3) is 3.49. The van der Waals surface area contributed by atoms with Crippen molar-refractivity contribution in [2.75, 3.05) is 0 Å². The highest BCUT2D eigenvalue weighted by atomic mass is 16.3. The van der Waals surface area contributed by atoms with Gasteiger partial charge < -0.3 is 14.7 Å². The Balaban J connectivity index is 3.16. The topological polar surface area (TPSA) is 54.4 Å². The standard InChI is InChI=1S/C5H8O3/c6-3-1-5(8)2-4-7/h3-5,8H,1-2H2. The SMILES string of the molecule is O=CCC(O)CC=O. The molecule has 0 rings (SSSR count). The number of hydrogen-bond donors (Lipinski definition) is 1. The first-order valence-electron chi connectivity index (χ1n) is 2.36. The molecule has 0 aromatic heterocycles. The number of carbonyl (C=O) groups excluding carboxylic acids is 2. The first-order valence-corrected chi connectivity index (χ1v) is 2.36. The summed E-state index contributed by atoms with van der Waals surface area (Å²) >= 11 is 0. The Morgan fingerprint density at radius 2 is 1.62 bits per heavy atom. The maximum Gasteiger partial charge on any atom is 0.122 e. The molecule has 0 atom stereocenters. The third-order valence-corrected chi connectivity index (χ3v) is 0.737. The molecule has 3 nitrogen and oxygen atoms in total. The largest absolute Gasteiger partial charge is 0.392 e. The molecule has 0 bridgehead atoms. The highest BCUT2D eigenvalue weighted by Gasteiger charge is 1.98. The van der Waals surface area contributed by atoms with Crippen LogP contribution in [0.15, 0.2) is 0 Å². The lowest BCUT2D eigenvalue weighted by Gasteiger charge is -1.96. The van der Waals surface area contributed by atoms with Gasteiger partial charge in [0.2, 0.25) is 0 Å². The van der Waals surface area contributed by atoms with Crippen LogP contribution in [-0.4, -0.2) is 23.8 Å². The van der Waals surface area contributed by atoms with E-state index in [0.29, 0.717) is 12.6 Å². The van der Waals surface area contributed by atoms with Crippen molar-refractivity contribution in [3.8, 4) is 0 Å². The van der Waals surface area contributed by atoms with Crippen molar-refractivity contribution in [1.82, 2.24) is 0 Å². The molecule has 0 aliphatic heterocycles. The van der Waals surface area contributed by atoms with E-state index in [1.54, 1.807) is 0 Å². The second kappa shape index (κ2) is 4.46. The van der Waals surface area contributed by atoms with Gasteiger partial charge in [-0.3, -0.25) is 0 Å². The van der Waals surface area contributed by atoms with Crippen molar-refractivity contribution >= 4 is 12.6 Å². The summed E-state index contributed by atoms with van der Waals surface area (Å²) in [5, 5.41) is 8.59. The predicted octanol–water partition coefficient (Wildman–Crippen LogP) is -0.475. The molecule has 0 saturated carbocycles. The van der Waals surface area contributed by atoms with Gasteiger partial charge in [-0.15, -0.1) is 0 Å². The quantitative estimate of drug-likeness (QED) is 0.505. The van der Waals surface area contributed by atoms with Crippen molar-refractivity contribution in [2.45, 2.75) is 18.9 Å². The zero-order valence-corrected chi connectivity index (χ0v) is 4.41. The molecular formula is C5H8O3. The van der Waals surface area contributed by atoms with Gasteiger partial charge in [-0.2, -0.15) is 0 Å². The second-order valence-corrected chi connectivity index (χ2v) is 1.46. The van der Waals surface area contributed by atoms with Gasteiger partial charge in [0.05, 0.1) is 6.10 Å². The Labute approximate surface area is 47.3 Å². The molecular weight excluding hydrogens is 108 g/mol. The molecule has 0 radical (unpaired) electrons. The minimum absolute atomic E-state index is 0.0543. The van der Waals surface area contributed by atoms with Gasteiger partial charge in [-0.05, 0) is 0 Å². The van der Waals surface area contributed by atoms with Crippen molar-refractivity contribution in [1.29, 1.82) is 0 Å². The smallest absolute Gasteiger partial charge is 0.122 e. The molecule has 0 amide bonds. The van der Waals surface area contributed by atoms with Crippen molar-refractivity contribution in [3.05, 3.63) is 0 Å². The summed E-state index contributed by atoms with van der Waals surface area (Å²) < 4.78 is 0. The minimum Gasteiger partial charge on any atom is -0.392 e. The first-order chi connectivity index (χ1) is 3.81. The number of rotatable bonds is 4. The van der Waals surface area contributed by atoms with Crippen LogP contribution < -0.4 is 0 Å². The maximum atomic E-state index is 9.61. The van der Waals surface area contributed by atoms with Gasteiger partial charge in [-0.1, -0.05) is 0 Å². The van der Waals surface area contributed by atoms with E-state index in [1.807, 2.05) is 0 Å². The fourth-order valence-electron chi connectivity index (χ4n) is 0.318. The van der Waals surface area contributed by atoms with Crippen LogP contribution in [0.25, 0.3) is 0 Å². The van der Waals surface area contributed by atoms with Crippen molar-refractivity contribution in [2.24, 2.45) is 0 Å². The summed E-state index contributed by atoms with van der Waals surface area (Å²) in [6.07, 6.45) is 0.518. The van der Waals surface area contributed by atoms with E-state index in [2.05, 4.69) is 0 Å². The van der Waals surface area contributed by atoms with E-state index in [4.69, 9.17) is 5.11 Å². The molecule has 0 spiro atoms. The fourth-order valence-corrected chi connectivity index (χ4v) is 0.318. The van der Waals surface area contributed by atoms with Crippen LogP contribution in [0.2, 0.25) is 0 Å². The molecule has 46 valence electrons. The van der Waals surface area contributed by atoms with Gasteiger partial charge in [0.1, 0.15) is 12.6 Å². The van der Waals surface area contributed by atoms with Gasteiger partial charge in [0.25, 0.3) is 0 Å². The number of aliphatic hydroxyl groups is 1. The normalized spacial score (nSPS) is 9.25. The monoisotopic (exact) mass is 116 g/mol. The average Bonchev–Trinajstić information content (AvgIpc) is 1.68. The molecule has 0 fully saturated rings. The van der Waals surface area contributed by atoms with Crippen molar-refractivity contribution in [3.63, 3.8) is 0 Å². The van der Waals surface area contributed by atoms with E-state index >= 15 is 0 Å². The number of carbonyl (C=O) groups is 2. The third-order valence-electron chi connectivity index (χ3n) is 0.737. The van der Waals surface area contributed by atoms with Crippen LogP contribution in [0, 0.1) is 0 Å². The summed E-state index contributed by atoms with van der Waals surface area (Å²) in [5.74, 6) is 0. The van der Waals surface area contributed by atoms with Crippen LogP contribution in [0.1, 0.15) is 12.8 Å².